The van der Waals surface area contributed by atoms with Crippen molar-refractivity contribution in [2.45, 2.75) is 44.2 Å². The number of nitrogens with zero attached hydrogens (tertiary/aromatic N) is 1. The summed E-state index contributed by atoms with van der Waals surface area (Å²) in [5, 5.41) is 9.41. The summed E-state index contributed by atoms with van der Waals surface area (Å²) in [6.07, 6.45) is 1.33. The molecule has 134 valence electrons. The van der Waals surface area contributed by atoms with Crippen molar-refractivity contribution < 1.29 is 28.4 Å². The SMILES string of the molecule is CC[Si](CC)(CC)c1cc(C(O)(C[N+](C)(C)C)P(=O)(O)O)co1. The second-order valence-corrected chi connectivity index (χ2v) is 14.4. The minimum atomic E-state index is -4.78. The summed E-state index contributed by atoms with van der Waals surface area (Å²) in [7, 11) is -1.23. The number of hydrogen-bond acceptors (Lipinski definition) is 3. The quantitative estimate of drug-likeness (QED) is 0.373. The van der Waals surface area contributed by atoms with Crippen LogP contribution in [-0.2, 0) is 9.91 Å². The Morgan fingerprint density at radius 3 is 2.00 bits per heavy atom. The standard InChI is InChI=1S/C15H30NO5PSi/c1-7-23(8-2,9-3)14-10-13(11-21-14)15(17,22(18,19)20)12-16(4,5)6/h10-11,17H,7-9,12H2,1-6H3,(H-,18,19,20)/p+1. The van der Waals surface area contributed by atoms with Crippen molar-refractivity contribution in [3.63, 3.8) is 0 Å². The molecule has 0 fully saturated rings. The second-order valence-electron chi connectivity index (χ2n) is 7.35. The molecule has 0 bridgehead atoms. The van der Waals surface area contributed by atoms with Crippen molar-refractivity contribution in [1.82, 2.24) is 0 Å². The summed E-state index contributed by atoms with van der Waals surface area (Å²) in [6, 6.07) is 4.67. The maximum atomic E-state index is 12.0. The average Bonchev–Trinajstić information content (AvgIpc) is 2.89. The molecule has 0 aliphatic carbocycles. The first-order valence-corrected chi connectivity index (χ1v) is 12.3. The van der Waals surface area contributed by atoms with Crippen LogP contribution in [-0.4, -0.2) is 55.1 Å². The predicted octanol–water partition coefficient (Wildman–Crippen LogP) is 2.02. The first-order chi connectivity index (χ1) is 10.3. The van der Waals surface area contributed by atoms with Gasteiger partial charge < -0.3 is 23.8 Å². The molecule has 1 aromatic rings. The summed E-state index contributed by atoms with van der Waals surface area (Å²) >= 11 is 0. The summed E-state index contributed by atoms with van der Waals surface area (Å²) in [6.45, 7) is 6.28. The van der Waals surface area contributed by atoms with Crippen molar-refractivity contribution in [2.75, 3.05) is 27.7 Å². The van der Waals surface area contributed by atoms with Gasteiger partial charge in [-0.3, -0.25) is 4.57 Å². The molecule has 0 radical (unpaired) electrons. The number of likely N-dealkylation sites (N-methyl/N-ethyl adjacent to an activating group) is 1. The predicted molar refractivity (Wildman–Crippen MR) is 94.4 cm³/mol. The molecule has 1 aromatic heterocycles. The highest BCUT2D eigenvalue weighted by molar-refractivity contribution is 7.52. The van der Waals surface area contributed by atoms with E-state index in [-0.39, 0.29) is 16.6 Å². The van der Waals surface area contributed by atoms with Crippen LogP contribution in [0.25, 0.3) is 0 Å². The second kappa shape index (κ2) is 6.82. The van der Waals surface area contributed by atoms with Gasteiger partial charge in [-0.1, -0.05) is 38.9 Å². The molecule has 0 amide bonds. The van der Waals surface area contributed by atoms with Gasteiger partial charge in [0.25, 0.3) is 0 Å². The largest absolute Gasteiger partial charge is 0.474 e. The van der Waals surface area contributed by atoms with Crippen molar-refractivity contribution in [1.29, 1.82) is 0 Å². The summed E-state index contributed by atoms with van der Waals surface area (Å²) in [4.78, 5) is 19.5. The molecule has 1 unspecified atom stereocenters. The Bertz CT molecular complexity index is 564. The van der Waals surface area contributed by atoms with Crippen LogP contribution in [0.15, 0.2) is 16.7 Å². The van der Waals surface area contributed by atoms with Gasteiger partial charge in [0.15, 0.2) is 0 Å². The number of furan rings is 1. The van der Waals surface area contributed by atoms with Crippen LogP contribution in [0.3, 0.4) is 0 Å². The minimum absolute atomic E-state index is 0.102. The van der Waals surface area contributed by atoms with E-state index in [1.807, 2.05) is 0 Å². The number of rotatable bonds is 8. The van der Waals surface area contributed by atoms with E-state index >= 15 is 0 Å². The molecule has 23 heavy (non-hydrogen) atoms. The molecule has 8 heteroatoms. The Labute approximate surface area is 139 Å². The Morgan fingerprint density at radius 1 is 1.17 bits per heavy atom. The monoisotopic (exact) mass is 364 g/mol. The van der Waals surface area contributed by atoms with Crippen molar-refractivity contribution in [3.05, 3.63) is 17.9 Å². The first-order valence-electron chi connectivity index (χ1n) is 8.03. The molecule has 1 atom stereocenters. The molecule has 0 saturated heterocycles. The summed E-state index contributed by atoms with van der Waals surface area (Å²) < 4.78 is 17.9. The highest BCUT2D eigenvalue weighted by Crippen LogP contribution is 2.55. The third-order valence-corrected chi connectivity index (χ3v) is 11.5. The van der Waals surface area contributed by atoms with Gasteiger partial charge in [0.05, 0.1) is 32.8 Å². The molecule has 0 aliphatic rings. The fourth-order valence-electron chi connectivity index (χ4n) is 3.11. The Morgan fingerprint density at radius 2 is 1.65 bits per heavy atom. The van der Waals surface area contributed by atoms with E-state index in [9.17, 15) is 19.5 Å². The van der Waals surface area contributed by atoms with E-state index in [1.54, 1.807) is 27.2 Å². The number of aliphatic hydroxyl groups is 1. The first kappa shape index (κ1) is 20.6. The van der Waals surface area contributed by atoms with Gasteiger partial charge in [-0.15, -0.1) is 0 Å². The molecule has 6 nitrogen and oxygen atoms in total. The third kappa shape index (κ3) is 4.16. The molecule has 3 N–H and O–H groups in total. The highest BCUT2D eigenvalue weighted by Gasteiger charge is 2.52. The summed E-state index contributed by atoms with van der Waals surface area (Å²) in [5.41, 5.74) is 0.182. The third-order valence-electron chi connectivity index (χ3n) is 4.79. The van der Waals surface area contributed by atoms with E-state index in [1.165, 1.54) is 6.26 Å². The van der Waals surface area contributed by atoms with Gasteiger partial charge in [-0.05, 0) is 6.07 Å². The van der Waals surface area contributed by atoms with Crippen LogP contribution >= 0.6 is 7.60 Å². The van der Waals surface area contributed by atoms with E-state index < -0.39 is 21.0 Å². The van der Waals surface area contributed by atoms with Gasteiger partial charge in [-0.2, -0.15) is 0 Å². The summed E-state index contributed by atoms with van der Waals surface area (Å²) in [5.74, 6) is 0. The maximum Gasteiger partial charge on any atom is 0.367 e. The van der Waals surface area contributed by atoms with E-state index in [0.717, 1.165) is 23.5 Å². The zero-order chi connectivity index (χ0) is 18.1. The number of quaternary nitrogens is 1. The topological polar surface area (TPSA) is 90.9 Å². The van der Waals surface area contributed by atoms with E-state index in [2.05, 4.69) is 20.8 Å². The molecule has 0 spiro atoms. The lowest BCUT2D eigenvalue weighted by Crippen LogP contribution is -2.48. The number of hydrogen-bond donors (Lipinski definition) is 3. The minimum Gasteiger partial charge on any atom is -0.474 e. The lowest BCUT2D eigenvalue weighted by Gasteiger charge is -2.35. The van der Waals surface area contributed by atoms with Crippen LogP contribution < -0.4 is 5.38 Å². The molecule has 0 aliphatic heterocycles. The Balaban J connectivity index is 3.40. The van der Waals surface area contributed by atoms with Gasteiger partial charge >= 0.3 is 7.60 Å². The maximum absolute atomic E-state index is 12.0. The molecule has 0 saturated carbocycles. The average molecular weight is 364 g/mol. The zero-order valence-corrected chi connectivity index (χ0v) is 16.9. The lowest BCUT2D eigenvalue weighted by atomic mass is 10.1. The Kier molecular flexibility index (Phi) is 6.11. The molecular weight excluding hydrogens is 333 g/mol. The zero-order valence-electron chi connectivity index (χ0n) is 15.0. The molecule has 1 rings (SSSR count). The molecule has 0 aromatic carbocycles. The fourth-order valence-corrected chi connectivity index (χ4v) is 7.49. The Hall–Kier alpha value is -0.433. The van der Waals surface area contributed by atoms with Gasteiger partial charge in [-0.25, -0.2) is 0 Å². The molecule has 1 heterocycles. The van der Waals surface area contributed by atoms with Crippen molar-refractivity contribution in [2.24, 2.45) is 0 Å². The lowest BCUT2D eigenvalue weighted by molar-refractivity contribution is -0.876. The van der Waals surface area contributed by atoms with Crippen LogP contribution in [0.5, 0.6) is 0 Å². The van der Waals surface area contributed by atoms with E-state index in [0.29, 0.717) is 0 Å². The van der Waals surface area contributed by atoms with Gasteiger partial charge in [0.1, 0.15) is 14.6 Å². The fraction of sp³-hybridized carbons (Fsp3) is 0.733. The van der Waals surface area contributed by atoms with Crippen LogP contribution in [0.4, 0.5) is 0 Å². The van der Waals surface area contributed by atoms with E-state index in [4.69, 9.17) is 4.42 Å². The van der Waals surface area contributed by atoms with Gasteiger partial charge in [0.2, 0.25) is 5.34 Å². The highest BCUT2D eigenvalue weighted by atomic mass is 31.2. The van der Waals surface area contributed by atoms with Crippen molar-refractivity contribution in [3.8, 4) is 0 Å². The van der Waals surface area contributed by atoms with Crippen molar-refractivity contribution >= 4 is 21.1 Å². The van der Waals surface area contributed by atoms with Crippen LogP contribution in [0, 0.1) is 0 Å². The molecular formula is C15H31NO5PSi+. The van der Waals surface area contributed by atoms with Gasteiger partial charge in [0, 0.05) is 5.56 Å². The normalized spacial score (nSPS) is 16.4. The van der Waals surface area contributed by atoms with Crippen LogP contribution in [0.1, 0.15) is 26.3 Å². The van der Waals surface area contributed by atoms with Crippen LogP contribution in [0.2, 0.25) is 18.1 Å². The smallest absolute Gasteiger partial charge is 0.367 e.